The van der Waals surface area contributed by atoms with E-state index in [1.54, 1.807) is 24.0 Å². The fourth-order valence-corrected chi connectivity index (χ4v) is 4.41. The average Bonchev–Trinajstić information content (AvgIpc) is 2.65. The zero-order valence-corrected chi connectivity index (χ0v) is 16.9. The molecule has 0 atom stereocenters. The number of urea groups is 1. The number of aryl methyl sites for hydroxylation is 1. The Bertz CT molecular complexity index is 959. The van der Waals surface area contributed by atoms with Crippen LogP contribution in [0, 0.1) is 12.7 Å². The van der Waals surface area contributed by atoms with Crippen LogP contribution in [-0.4, -0.2) is 38.5 Å². The topological polar surface area (TPSA) is 78.5 Å². The van der Waals surface area contributed by atoms with Crippen LogP contribution in [0.1, 0.15) is 18.4 Å². The van der Waals surface area contributed by atoms with Crippen LogP contribution in [0.2, 0.25) is 5.02 Å². The zero-order valence-electron chi connectivity index (χ0n) is 15.3. The van der Waals surface area contributed by atoms with E-state index in [0.29, 0.717) is 42.2 Å². The van der Waals surface area contributed by atoms with Crippen molar-refractivity contribution >= 4 is 33.3 Å². The SMILES string of the molecule is Cc1ccc(NC(=O)N2CCC(NS(=O)(=O)c3ccc(Cl)cc3)CC2)cc1F. The lowest BCUT2D eigenvalue weighted by Gasteiger charge is -2.32. The van der Waals surface area contributed by atoms with Gasteiger partial charge >= 0.3 is 6.03 Å². The van der Waals surface area contributed by atoms with Crippen molar-refractivity contribution in [2.75, 3.05) is 18.4 Å². The summed E-state index contributed by atoms with van der Waals surface area (Å²) in [5.41, 5.74) is 0.894. The van der Waals surface area contributed by atoms with Gasteiger partial charge in [0.05, 0.1) is 4.90 Å². The van der Waals surface area contributed by atoms with Crippen molar-refractivity contribution in [1.29, 1.82) is 0 Å². The van der Waals surface area contributed by atoms with Crippen LogP contribution in [0.15, 0.2) is 47.4 Å². The van der Waals surface area contributed by atoms with Gasteiger partial charge in [0.1, 0.15) is 5.82 Å². The molecule has 0 saturated carbocycles. The van der Waals surface area contributed by atoms with Crippen molar-refractivity contribution in [2.24, 2.45) is 0 Å². The molecule has 0 radical (unpaired) electrons. The Labute approximate surface area is 168 Å². The highest BCUT2D eigenvalue weighted by atomic mass is 35.5. The largest absolute Gasteiger partial charge is 0.324 e. The number of hydrogen-bond acceptors (Lipinski definition) is 3. The number of amides is 2. The van der Waals surface area contributed by atoms with Crippen LogP contribution in [0.25, 0.3) is 0 Å². The number of anilines is 1. The first-order chi connectivity index (χ1) is 13.2. The van der Waals surface area contributed by atoms with E-state index >= 15 is 0 Å². The average molecular weight is 426 g/mol. The molecule has 9 heteroatoms. The molecule has 3 rings (SSSR count). The molecule has 150 valence electrons. The van der Waals surface area contributed by atoms with Gasteiger partial charge in [0.25, 0.3) is 0 Å². The monoisotopic (exact) mass is 425 g/mol. The van der Waals surface area contributed by atoms with E-state index < -0.39 is 10.0 Å². The van der Waals surface area contributed by atoms with Gasteiger partial charge in [-0.2, -0.15) is 0 Å². The summed E-state index contributed by atoms with van der Waals surface area (Å²) in [6.45, 7) is 2.44. The molecule has 2 amide bonds. The molecular formula is C19H21ClFN3O3S. The number of halogens is 2. The molecule has 0 unspecified atom stereocenters. The number of sulfonamides is 1. The van der Waals surface area contributed by atoms with E-state index in [4.69, 9.17) is 11.6 Å². The van der Waals surface area contributed by atoms with Crippen molar-refractivity contribution < 1.29 is 17.6 Å². The summed E-state index contributed by atoms with van der Waals surface area (Å²) >= 11 is 5.79. The Kier molecular flexibility index (Phi) is 6.22. The molecule has 0 aromatic heterocycles. The summed E-state index contributed by atoms with van der Waals surface area (Å²) in [5.74, 6) is -0.381. The molecule has 6 nitrogen and oxygen atoms in total. The van der Waals surface area contributed by atoms with Gasteiger partial charge in [-0.1, -0.05) is 17.7 Å². The third kappa shape index (κ3) is 5.01. The number of nitrogens with zero attached hydrogens (tertiary/aromatic N) is 1. The number of carbonyl (C=O) groups is 1. The first kappa shape index (κ1) is 20.6. The molecule has 2 aromatic carbocycles. The molecular weight excluding hydrogens is 405 g/mol. The Morgan fingerprint density at radius 3 is 2.39 bits per heavy atom. The van der Waals surface area contributed by atoms with Gasteiger partial charge < -0.3 is 10.2 Å². The fraction of sp³-hybridized carbons (Fsp3) is 0.316. The van der Waals surface area contributed by atoms with Crippen molar-refractivity contribution in [2.45, 2.75) is 30.7 Å². The summed E-state index contributed by atoms with van der Waals surface area (Å²) < 4.78 is 41.2. The van der Waals surface area contributed by atoms with E-state index in [1.165, 1.54) is 30.3 Å². The predicted molar refractivity (Wildman–Crippen MR) is 107 cm³/mol. The number of nitrogens with one attached hydrogen (secondary N) is 2. The van der Waals surface area contributed by atoms with Gasteiger partial charge in [-0.15, -0.1) is 0 Å². The number of rotatable bonds is 4. The van der Waals surface area contributed by atoms with Gasteiger partial charge in [0.15, 0.2) is 0 Å². The molecule has 0 bridgehead atoms. The van der Waals surface area contributed by atoms with Crippen LogP contribution in [0.5, 0.6) is 0 Å². The molecule has 1 heterocycles. The summed E-state index contributed by atoms with van der Waals surface area (Å²) in [7, 11) is -3.64. The second-order valence-corrected chi connectivity index (χ2v) is 8.88. The lowest BCUT2D eigenvalue weighted by atomic mass is 10.1. The first-order valence-electron chi connectivity index (χ1n) is 8.84. The van der Waals surface area contributed by atoms with Gasteiger partial charge in [-0.25, -0.2) is 22.3 Å². The summed E-state index contributed by atoms with van der Waals surface area (Å²) in [5, 5.41) is 3.13. The minimum absolute atomic E-state index is 0.151. The van der Waals surface area contributed by atoms with Crippen LogP contribution >= 0.6 is 11.6 Å². The maximum atomic E-state index is 13.6. The number of hydrogen-bond donors (Lipinski definition) is 2. The second-order valence-electron chi connectivity index (χ2n) is 6.73. The number of piperidine rings is 1. The molecule has 1 saturated heterocycles. The Hall–Kier alpha value is -2.16. The minimum Gasteiger partial charge on any atom is -0.324 e. The quantitative estimate of drug-likeness (QED) is 0.782. The van der Waals surface area contributed by atoms with Gasteiger partial charge in [-0.3, -0.25) is 0 Å². The lowest BCUT2D eigenvalue weighted by Crippen LogP contribution is -2.47. The normalized spacial score (nSPS) is 15.5. The third-order valence-electron chi connectivity index (χ3n) is 4.65. The number of likely N-dealkylation sites (tertiary alicyclic amines) is 1. The maximum absolute atomic E-state index is 13.6. The zero-order chi connectivity index (χ0) is 20.3. The maximum Gasteiger partial charge on any atom is 0.321 e. The smallest absolute Gasteiger partial charge is 0.321 e. The molecule has 1 aliphatic rings. The van der Waals surface area contributed by atoms with E-state index in [2.05, 4.69) is 10.0 Å². The molecule has 1 fully saturated rings. The van der Waals surface area contributed by atoms with Crippen LogP contribution < -0.4 is 10.0 Å². The van der Waals surface area contributed by atoms with Gasteiger partial charge in [0.2, 0.25) is 10.0 Å². The minimum atomic E-state index is -3.64. The van der Waals surface area contributed by atoms with Crippen LogP contribution in [-0.2, 0) is 10.0 Å². The summed E-state index contributed by atoms with van der Waals surface area (Å²) in [6.07, 6.45) is 0.977. The molecule has 2 N–H and O–H groups in total. The lowest BCUT2D eigenvalue weighted by molar-refractivity contribution is 0.193. The van der Waals surface area contributed by atoms with Crippen molar-refractivity contribution in [3.63, 3.8) is 0 Å². The predicted octanol–water partition coefficient (Wildman–Crippen LogP) is 3.76. The second kappa shape index (κ2) is 8.46. The van der Waals surface area contributed by atoms with E-state index in [1.807, 2.05) is 0 Å². The van der Waals surface area contributed by atoms with Crippen LogP contribution in [0.3, 0.4) is 0 Å². The Morgan fingerprint density at radius 2 is 1.79 bits per heavy atom. The van der Waals surface area contributed by atoms with E-state index in [0.717, 1.165) is 0 Å². The fourth-order valence-electron chi connectivity index (χ4n) is 2.97. The van der Waals surface area contributed by atoms with Crippen molar-refractivity contribution in [3.05, 3.63) is 58.9 Å². The van der Waals surface area contributed by atoms with Crippen molar-refractivity contribution in [1.82, 2.24) is 9.62 Å². The molecule has 1 aliphatic heterocycles. The molecule has 0 spiro atoms. The highest BCUT2D eigenvalue weighted by Gasteiger charge is 2.26. The van der Waals surface area contributed by atoms with Crippen LogP contribution in [0.4, 0.5) is 14.9 Å². The summed E-state index contributed by atoms with van der Waals surface area (Å²) in [6, 6.07) is 9.88. The molecule has 2 aromatic rings. The van der Waals surface area contributed by atoms with Crippen molar-refractivity contribution in [3.8, 4) is 0 Å². The van der Waals surface area contributed by atoms with E-state index in [9.17, 15) is 17.6 Å². The number of benzene rings is 2. The standard InChI is InChI=1S/C19H21ClFN3O3S/c1-13-2-5-16(12-18(13)21)22-19(25)24-10-8-15(9-11-24)23-28(26,27)17-6-3-14(20)4-7-17/h2-7,12,15,23H,8-11H2,1H3,(H,22,25). The molecule has 0 aliphatic carbocycles. The summed E-state index contributed by atoms with van der Waals surface area (Å²) in [4.78, 5) is 14.1. The van der Waals surface area contributed by atoms with Gasteiger partial charge in [-0.05, 0) is 61.7 Å². The third-order valence-corrected chi connectivity index (χ3v) is 6.44. The highest BCUT2D eigenvalue weighted by Crippen LogP contribution is 2.19. The van der Waals surface area contributed by atoms with E-state index in [-0.39, 0.29) is 22.8 Å². The number of carbonyl (C=O) groups excluding carboxylic acids is 1. The van der Waals surface area contributed by atoms with Gasteiger partial charge in [0, 0.05) is 29.8 Å². The first-order valence-corrected chi connectivity index (χ1v) is 10.7. The highest BCUT2D eigenvalue weighted by molar-refractivity contribution is 7.89. The molecule has 28 heavy (non-hydrogen) atoms. The Balaban J connectivity index is 1.54. The Morgan fingerprint density at radius 1 is 1.14 bits per heavy atom.